The first kappa shape index (κ1) is 24.6. The first-order valence-corrected chi connectivity index (χ1v) is 11.9. The minimum Gasteiger partial charge on any atom is -0.497 e. The van der Waals surface area contributed by atoms with Crippen molar-refractivity contribution < 1.29 is 24.2 Å². The summed E-state index contributed by atoms with van der Waals surface area (Å²) in [6.07, 6.45) is 0. The first-order chi connectivity index (χ1) is 16.9. The van der Waals surface area contributed by atoms with Crippen LogP contribution in [0.4, 0.5) is 5.00 Å². The number of nitrogens with one attached hydrogen (secondary N) is 1. The molecule has 178 valence electrons. The second kappa shape index (κ2) is 10.8. The molecule has 0 spiro atoms. The lowest BCUT2D eigenvalue weighted by Crippen LogP contribution is -2.13. The molecule has 0 unspecified atom stereocenters. The van der Waals surface area contributed by atoms with Gasteiger partial charge in [-0.1, -0.05) is 29.3 Å². The average molecular weight is 528 g/mol. The average Bonchev–Trinajstić information content (AvgIpc) is 3.28. The minimum atomic E-state index is -1.13. The Kier molecular flexibility index (Phi) is 7.60. The van der Waals surface area contributed by atoms with Gasteiger partial charge >= 0.3 is 5.97 Å². The van der Waals surface area contributed by atoms with Crippen LogP contribution in [0, 0.1) is 0 Å². The predicted octanol–water partition coefficient (Wildman–Crippen LogP) is 7.26. The Morgan fingerprint density at radius 1 is 0.943 bits per heavy atom. The Morgan fingerprint density at radius 2 is 1.57 bits per heavy atom. The molecule has 0 bridgehead atoms. The molecular formula is C26H19Cl2NO5S. The number of methoxy groups -OCH3 is 1. The van der Waals surface area contributed by atoms with Crippen molar-refractivity contribution >= 4 is 51.4 Å². The summed E-state index contributed by atoms with van der Waals surface area (Å²) >= 11 is 13.6. The quantitative estimate of drug-likeness (QED) is 0.252. The molecule has 0 aliphatic carbocycles. The van der Waals surface area contributed by atoms with E-state index in [-0.39, 0.29) is 17.2 Å². The molecule has 0 saturated carbocycles. The lowest BCUT2D eigenvalue weighted by Gasteiger charge is -2.10. The van der Waals surface area contributed by atoms with E-state index in [2.05, 4.69) is 5.32 Å². The van der Waals surface area contributed by atoms with Crippen molar-refractivity contribution in [3.05, 3.63) is 99.5 Å². The highest BCUT2D eigenvalue weighted by Gasteiger charge is 2.19. The highest BCUT2D eigenvalue weighted by atomic mass is 35.5. The third-order valence-electron chi connectivity index (χ3n) is 5.13. The summed E-state index contributed by atoms with van der Waals surface area (Å²) in [7, 11) is 1.54. The number of carbonyl (C=O) groups is 2. The van der Waals surface area contributed by atoms with Crippen LogP contribution in [-0.4, -0.2) is 24.1 Å². The number of carboxylic acids is 1. The Morgan fingerprint density at radius 3 is 2.17 bits per heavy atom. The number of hydrogen-bond donors (Lipinski definition) is 2. The van der Waals surface area contributed by atoms with Gasteiger partial charge in [0.05, 0.1) is 12.7 Å². The molecular weight excluding hydrogens is 509 g/mol. The number of rotatable bonds is 8. The molecule has 4 rings (SSSR count). The second-order valence-corrected chi connectivity index (χ2v) is 9.22. The molecule has 0 atom stereocenters. The lowest BCUT2D eigenvalue weighted by molar-refractivity contribution is 0.0698. The molecule has 0 saturated heterocycles. The van der Waals surface area contributed by atoms with Gasteiger partial charge in [-0.2, -0.15) is 0 Å². The highest BCUT2D eigenvalue weighted by Crippen LogP contribution is 2.37. The van der Waals surface area contributed by atoms with Crippen LogP contribution in [-0.2, 0) is 6.61 Å². The summed E-state index contributed by atoms with van der Waals surface area (Å²) in [5.41, 5.74) is 1.88. The smallest absolute Gasteiger partial charge is 0.338 e. The van der Waals surface area contributed by atoms with Gasteiger partial charge in [-0.05, 0) is 72.3 Å². The zero-order valence-electron chi connectivity index (χ0n) is 18.4. The number of hydrogen-bond acceptors (Lipinski definition) is 5. The lowest BCUT2D eigenvalue weighted by atomic mass is 10.1. The van der Waals surface area contributed by atoms with Gasteiger partial charge in [-0.25, -0.2) is 4.79 Å². The summed E-state index contributed by atoms with van der Waals surface area (Å²) in [5.74, 6) is -0.319. The number of ether oxygens (including phenoxy) is 2. The number of thiophene rings is 1. The van der Waals surface area contributed by atoms with Crippen molar-refractivity contribution in [1.29, 1.82) is 0 Å². The SMILES string of the molecule is COc1ccc(C(=O)Nc2sc(-c3ccc(OCc4c(Cl)cccc4Cl)cc3)cc2C(=O)O)cc1. The second-order valence-electron chi connectivity index (χ2n) is 7.35. The standard InChI is InChI=1S/C26H19Cl2NO5S/c1-33-17-9-7-16(8-10-17)24(30)29-25-19(26(31)32)13-23(35-25)15-5-11-18(12-6-15)34-14-20-21(27)3-2-4-22(20)28/h2-13H,14H2,1H3,(H,29,30)(H,31,32). The topological polar surface area (TPSA) is 84.9 Å². The van der Waals surface area contributed by atoms with Crippen molar-refractivity contribution in [3.63, 3.8) is 0 Å². The largest absolute Gasteiger partial charge is 0.497 e. The maximum atomic E-state index is 12.6. The van der Waals surface area contributed by atoms with E-state index < -0.39 is 11.9 Å². The summed E-state index contributed by atoms with van der Waals surface area (Å²) < 4.78 is 10.9. The number of carbonyl (C=O) groups excluding carboxylic acids is 1. The maximum absolute atomic E-state index is 12.6. The first-order valence-electron chi connectivity index (χ1n) is 10.3. The number of anilines is 1. The van der Waals surface area contributed by atoms with Gasteiger partial charge in [0.1, 0.15) is 23.1 Å². The summed E-state index contributed by atoms with van der Waals surface area (Å²) in [6.45, 7) is 0.210. The van der Waals surface area contributed by atoms with E-state index in [0.29, 0.717) is 37.5 Å². The monoisotopic (exact) mass is 527 g/mol. The van der Waals surface area contributed by atoms with E-state index in [0.717, 1.165) is 5.56 Å². The van der Waals surface area contributed by atoms with Crippen LogP contribution < -0.4 is 14.8 Å². The molecule has 0 fully saturated rings. The van der Waals surface area contributed by atoms with Crippen LogP contribution in [0.25, 0.3) is 10.4 Å². The van der Waals surface area contributed by atoms with Crippen molar-refractivity contribution in [2.45, 2.75) is 6.61 Å². The zero-order chi connectivity index (χ0) is 24.9. The molecule has 1 amide bonds. The van der Waals surface area contributed by atoms with E-state index in [9.17, 15) is 14.7 Å². The van der Waals surface area contributed by atoms with Crippen LogP contribution in [0.5, 0.6) is 11.5 Å². The normalized spacial score (nSPS) is 10.6. The van der Waals surface area contributed by atoms with E-state index in [4.69, 9.17) is 32.7 Å². The molecule has 3 aromatic carbocycles. The predicted molar refractivity (Wildman–Crippen MR) is 138 cm³/mol. The number of aromatic carboxylic acids is 1. The van der Waals surface area contributed by atoms with E-state index in [1.54, 1.807) is 54.6 Å². The van der Waals surface area contributed by atoms with Crippen molar-refractivity contribution in [1.82, 2.24) is 0 Å². The minimum absolute atomic E-state index is 0.0144. The van der Waals surface area contributed by atoms with Crippen molar-refractivity contribution in [2.75, 3.05) is 12.4 Å². The van der Waals surface area contributed by atoms with Gasteiger partial charge in [0.2, 0.25) is 0 Å². The van der Waals surface area contributed by atoms with Crippen LogP contribution in [0.1, 0.15) is 26.3 Å². The molecule has 1 heterocycles. The highest BCUT2D eigenvalue weighted by molar-refractivity contribution is 7.20. The number of halogens is 2. The molecule has 4 aromatic rings. The Balaban J connectivity index is 1.50. The van der Waals surface area contributed by atoms with Crippen molar-refractivity contribution in [3.8, 4) is 21.9 Å². The van der Waals surface area contributed by atoms with E-state index >= 15 is 0 Å². The fourth-order valence-corrected chi connectivity index (χ4v) is 4.80. The van der Waals surface area contributed by atoms with Gasteiger partial charge in [0, 0.05) is 26.0 Å². The number of carboxylic acid groups (broad SMARTS) is 1. The number of benzene rings is 3. The fraction of sp³-hybridized carbons (Fsp3) is 0.0769. The molecule has 6 nitrogen and oxygen atoms in total. The molecule has 9 heteroatoms. The molecule has 0 aliphatic rings. The molecule has 1 aromatic heterocycles. The van der Waals surface area contributed by atoms with Crippen LogP contribution >= 0.6 is 34.5 Å². The Hall–Kier alpha value is -3.52. The van der Waals surface area contributed by atoms with E-state index in [1.165, 1.54) is 24.5 Å². The molecule has 35 heavy (non-hydrogen) atoms. The molecule has 0 radical (unpaired) electrons. The Labute approximate surface area is 215 Å². The number of amides is 1. The third kappa shape index (κ3) is 5.77. The van der Waals surface area contributed by atoms with Gasteiger partial charge in [0.15, 0.2) is 0 Å². The van der Waals surface area contributed by atoms with Crippen LogP contribution in [0.3, 0.4) is 0 Å². The molecule has 2 N–H and O–H groups in total. The third-order valence-corrected chi connectivity index (χ3v) is 6.93. The zero-order valence-corrected chi connectivity index (χ0v) is 20.7. The summed E-state index contributed by atoms with van der Waals surface area (Å²) in [5, 5.41) is 13.7. The maximum Gasteiger partial charge on any atom is 0.338 e. The summed E-state index contributed by atoms with van der Waals surface area (Å²) in [4.78, 5) is 25.1. The summed E-state index contributed by atoms with van der Waals surface area (Å²) in [6, 6.07) is 20.5. The fourth-order valence-electron chi connectivity index (χ4n) is 3.24. The van der Waals surface area contributed by atoms with Crippen molar-refractivity contribution in [2.24, 2.45) is 0 Å². The van der Waals surface area contributed by atoms with Gasteiger partial charge < -0.3 is 19.9 Å². The van der Waals surface area contributed by atoms with Gasteiger partial charge in [0.25, 0.3) is 5.91 Å². The molecule has 0 aliphatic heterocycles. The van der Waals surface area contributed by atoms with Crippen LogP contribution in [0.2, 0.25) is 10.0 Å². The van der Waals surface area contributed by atoms with Gasteiger partial charge in [-0.15, -0.1) is 11.3 Å². The van der Waals surface area contributed by atoms with Gasteiger partial charge in [-0.3, -0.25) is 4.79 Å². The van der Waals surface area contributed by atoms with E-state index in [1.807, 2.05) is 12.1 Å². The Bertz CT molecular complexity index is 1350. The van der Waals surface area contributed by atoms with Crippen LogP contribution in [0.15, 0.2) is 72.8 Å².